The topological polar surface area (TPSA) is 81.4 Å². The third-order valence-corrected chi connectivity index (χ3v) is 4.92. The Morgan fingerprint density at radius 2 is 1.88 bits per heavy atom. The molecule has 0 fully saturated rings. The van der Waals surface area contributed by atoms with Crippen molar-refractivity contribution < 1.29 is 14.6 Å². The normalized spacial score (nSPS) is 11.8. The van der Waals surface area contributed by atoms with Gasteiger partial charge in [0.05, 0.1) is 18.4 Å². The lowest BCUT2D eigenvalue weighted by Crippen LogP contribution is -2.19. The van der Waals surface area contributed by atoms with E-state index in [1.54, 1.807) is 4.68 Å². The quantitative estimate of drug-likeness (QED) is 0.305. The molecule has 170 valence electrons. The maximum atomic E-state index is 10.0. The van der Waals surface area contributed by atoms with Gasteiger partial charge in [0, 0.05) is 24.4 Å². The first-order valence-corrected chi connectivity index (χ1v) is 11.0. The first-order valence-electron chi connectivity index (χ1n) is 11.0. The van der Waals surface area contributed by atoms with Crippen molar-refractivity contribution in [2.24, 2.45) is 0 Å². The van der Waals surface area contributed by atoms with Crippen LogP contribution >= 0.6 is 0 Å². The van der Waals surface area contributed by atoms with Crippen molar-refractivity contribution in [3.63, 3.8) is 0 Å². The minimum absolute atomic E-state index is 0.313. The minimum atomic E-state index is -0.410. The van der Waals surface area contributed by atoms with Crippen LogP contribution in [-0.4, -0.2) is 52.3 Å². The average Bonchev–Trinajstić information content (AvgIpc) is 3.24. The van der Waals surface area contributed by atoms with E-state index in [2.05, 4.69) is 41.0 Å². The first kappa shape index (κ1) is 23.5. The first-order chi connectivity index (χ1) is 15.6. The van der Waals surface area contributed by atoms with Crippen LogP contribution in [0.2, 0.25) is 0 Å². The maximum absolute atomic E-state index is 10.0. The van der Waals surface area contributed by atoms with E-state index in [4.69, 9.17) is 9.47 Å². The molecule has 0 aliphatic carbocycles. The molecule has 0 spiro atoms. The van der Waals surface area contributed by atoms with E-state index in [1.165, 1.54) is 5.56 Å². The van der Waals surface area contributed by atoms with E-state index < -0.39 is 6.10 Å². The highest BCUT2D eigenvalue weighted by Gasteiger charge is 2.15. The number of aryl methyl sites for hydroxylation is 1. The molecule has 1 heterocycles. The van der Waals surface area contributed by atoms with Crippen LogP contribution in [0.4, 0.5) is 5.69 Å². The second-order valence-electron chi connectivity index (χ2n) is 7.49. The number of nitrogens with zero attached hydrogens (tertiary/aromatic N) is 3. The second kappa shape index (κ2) is 12.0. The van der Waals surface area contributed by atoms with Crippen molar-refractivity contribution in [1.82, 2.24) is 14.8 Å². The highest BCUT2D eigenvalue weighted by molar-refractivity contribution is 5.60. The summed E-state index contributed by atoms with van der Waals surface area (Å²) in [6, 6.07) is 16.3. The number of allylic oxidation sites excluding steroid dienone is 1. The molecular formula is C25H32N4O3. The third kappa shape index (κ3) is 6.67. The van der Waals surface area contributed by atoms with Crippen molar-refractivity contribution in [3.8, 4) is 23.1 Å². The predicted molar refractivity (Wildman–Crippen MR) is 127 cm³/mol. The molecule has 0 saturated heterocycles. The number of aliphatic hydroxyl groups excluding tert-OH is 1. The summed E-state index contributed by atoms with van der Waals surface area (Å²) in [5.41, 5.74) is 3.93. The number of hydrogen-bond acceptors (Lipinski definition) is 6. The van der Waals surface area contributed by atoms with Crippen LogP contribution in [0, 0.1) is 6.92 Å². The van der Waals surface area contributed by atoms with Gasteiger partial charge in [0.15, 0.2) is 5.82 Å². The number of aromatic nitrogens is 3. The zero-order chi connectivity index (χ0) is 22.8. The number of benzene rings is 2. The van der Waals surface area contributed by atoms with Crippen LogP contribution in [0.3, 0.4) is 0 Å². The summed E-state index contributed by atoms with van der Waals surface area (Å²) < 4.78 is 12.8. The van der Waals surface area contributed by atoms with Crippen molar-refractivity contribution in [2.75, 3.05) is 31.7 Å². The number of nitrogens with one attached hydrogen (secondary N) is 1. The summed E-state index contributed by atoms with van der Waals surface area (Å²) in [6.07, 6.45) is 2.90. The summed E-state index contributed by atoms with van der Waals surface area (Å²) in [4.78, 5) is 4.61. The molecule has 3 rings (SSSR count). The summed E-state index contributed by atoms with van der Waals surface area (Å²) in [6.45, 7) is 9.70. The highest BCUT2D eigenvalue weighted by atomic mass is 16.5. The zero-order valence-corrected chi connectivity index (χ0v) is 18.8. The van der Waals surface area contributed by atoms with Gasteiger partial charge < -0.3 is 19.9 Å². The van der Waals surface area contributed by atoms with E-state index in [0.29, 0.717) is 44.6 Å². The number of ether oxygens (including phenoxy) is 2. The lowest BCUT2D eigenvalue weighted by Gasteiger charge is -2.12. The summed E-state index contributed by atoms with van der Waals surface area (Å²) in [5, 5.41) is 17.8. The Bertz CT molecular complexity index is 968. The smallest absolute Gasteiger partial charge is 0.336 e. The monoisotopic (exact) mass is 436 g/mol. The van der Waals surface area contributed by atoms with Crippen molar-refractivity contribution >= 4 is 5.69 Å². The molecule has 1 unspecified atom stereocenters. The lowest BCUT2D eigenvalue weighted by molar-refractivity contribution is 0.106. The van der Waals surface area contributed by atoms with Gasteiger partial charge in [-0.3, -0.25) is 0 Å². The van der Waals surface area contributed by atoms with E-state index in [1.807, 2.05) is 49.4 Å². The molecule has 0 bridgehead atoms. The van der Waals surface area contributed by atoms with Gasteiger partial charge in [0.2, 0.25) is 0 Å². The highest BCUT2D eigenvalue weighted by Crippen LogP contribution is 2.25. The van der Waals surface area contributed by atoms with Gasteiger partial charge in [-0.25, -0.2) is 4.68 Å². The van der Waals surface area contributed by atoms with Crippen LogP contribution in [0.15, 0.2) is 61.2 Å². The standard InChI is InChI=1S/C25H32N4O3/c1-4-6-7-23(30)18-26-21-12-14-22(15-13-21)29-24(20-10-8-19(3)9-11-20)27-25(28-29)32-17-16-31-5-2/h4,8-15,23,26,30H,1,5-7,16-18H2,2-3H3. The van der Waals surface area contributed by atoms with Gasteiger partial charge in [-0.1, -0.05) is 35.9 Å². The molecule has 2 N–H and O–H groups in total. The number of aliphatic hydroxyl groups is 1. The van der Waals surface area contributed by atoms with Crippen molar-refractivity contribution in [3.05, 3.63) is 66.7 Å². The SMILES string of the molecule is C=CCCC(O)CNc1ccc(-n2nc(OCCOCC)nc2-c2ccc(C)cc2)cc1. The summed E-state index contributed by atoms with van der Waals surface area (Å²) in [7, 11) is 0. The Kier molecular flexibility index (Phi) is 8.83. The molecule has 32 heavy (non-hydrogen) atoms. The van der Waals surface area contributed by atoms with Crippen LogP contribution in [0.25, 0.3) is 17.1 Å². The van der Waals surface area contributed by atoms with Gasteiger partial charge in [-0.15, -0.1) is 11.7 Å². The Morgan fingerprint density at radius 1 is 1.12 bits per heavy atom. The number of rotatable bonds is 13. The summed E-state index contributed by atoms with van der Waals surface area (Å²) >= 11 is 0. The molecule has 0 saturated carbocycles. The van der Waals surface area contributed by atoms with Crippen molar-refractivity contribution in [1.29, 1.82) is 0 Å². The molecule has 1 aromatic heterocycles. The molecule has 7 nitrogen and oxygen atoms in total. The Balaban J connectivity index is 1.77. The van der Waals surface area contributed by atoms with Crippen molar-refractivity contribution in [2.45, 2.75) is 32.8 Å². The Labute approximate surface area is 189 Å². The van der Waals surface area contributed by atoms with E-state index in [0.717, 1.165) is 23.4 Å². The van der Waals surface area contributed by atoms with Gasteiger partial charge >= 0.3 is 6.01 Å². The molecule has 0 aliphatic heterocycles. The molecular weight excluding hydrogens is 404 g/mol. The second-order valence-corrected chi connectivity index (χ2v) is 7.49. The molecule has 0 radical (unpaired) electrons. The molecule has 1 atom stereocenters. The number of hydrogen-bond donors (Lipinski definition) is 2. The zero-order valence-electron chi connectivity index (χ0n) is 18.8. The van der Waals surface area contributed by atoms with Gasteiger partial charge in [0.1, 0.15) is 6.61 Å². The summed E-state index contributed by atoms with van der Waals surface area (Å²) in [5.74, 6) is 0.706. The van der Waals surface area contributed by atoms with E-state index in [-0.39, 0.29) is 0 Å². The predicted octanol–water partition coefficient (Wildman–Crippen LogP) is 4.40. The van der Waals surface area contributed by atoms with Crippen LogP contribution in [0.5, 0.6) is 6.01 Å². The average molecular weight is 437 g/mol. The molecule has 0 aliphatic rings. The Morgan fingerprint density at radius 3 is 2.56 bits per heavy atom. The van der Waals surface area contributed by atoms with Crippen LogP contribution in [-0.2, 0) is 4.74 Å². The minimum Gasteiger partial charge on any atom is -0.460 e. The van der Waals surface area contributed by atoms with Gasteiger partial charge in [-0.2, -0.15) is 4.98 Å². The molecule has 7 heteroatoms. The Hall–Kier alpha value is -3.16. The molecule has 0 amide bonds. The maximum Gasteiger partial charge on any atom is 0.336 e. The molecule has 2 aromatic carbocycles. The number of anilines is 1. The lowest BCUT2D eigenvalue weighted by atomic mass is 10.1. The molecule has 3 aromatic rings. The fraction of sp³-hybridized carbons (Fsp3) is 0.360. The van der Waals surface area contributed by atoms with E-state index in [9.17, 15) is 5.11 Å². The fourth-order valence-corrected chi connectivity index (χ4v) is 3.13. The van der Waals surface area contributed by atoms with Gasteiger partial charge in [0.25, 0.3) is 0 Å². The van der Waals surface area contributed by atoms with Gasteiger partial charge in [-0.05, 0) is 51.0 Å². The third-order valence-electron chi connectivity index (χ3n) is 4.92. The largest absolute Gasteiger partial charge is 0.460 e. The van der Waals surface area contributed by atoms with Crippen LogP contribution in [0.1, 0.15) is 25.3 Å². The van der Waals surface area contributed by atoms with Crippen LogP contribution < -0.4 is 10.1 Å². The fourth-order valence-electron chi connectivity index (χ4n) is 3.13. The van der Waals surface area contributed by atoms with E-state index >= 15 is 0 Å².